The van der Waals surface area contributed by atoms with E-state index < -0.39 is 18.0 Å². The van der Waals surface area contributed by atoms with Crippen LogP contribution in [0.3, 0.4) is 0 Å². The number of halogens is 3. The van der Waals surface area contributed by atoms with Gasteiger partial charge in [-0.3, -0.25) is 4.68 Å². The Bertz CT molecular complexity index is 1360. The summed E-state index contributed by atoms with van der Waals surface area (Å²) in [5.74, 6) is -0.0529. The second kappa shape index (κ2) is 9.02. The Balaban J connectivity index is 1.74. The van der Waals surface area contributed by atoms with Crippen LogP contribution in [0.15, 0.2) is 36.7 Å². The van der Waals surface area contributed by atoms with Crippen molar-refractivity contribution >= 4 is 11.6 Å². The molecule has 184 valence electrons. The van der Waals surface area contributed by atoms with E-state index in [2.05, 4.69) is 25.5 Å². The van der Waals surface area contributed by atoms with Gasteiger partial charge in [0.15, 0.2) is 17.4 Å². The van der Waals surface area contributed by atoms with E-state index in [1.54, 1.807) is 38.6 Å². The van der Waals surface area contributed by atoms with Gasteiger partial charge < -0.3 is 15.2 Å². The van der Waals surface area contributed by atoms with Gasteiger partial charge in [-0.2, -0.15) is 19.0 Å². The fourth-order valence-electron chi connectivity index (χ4n) is 4.12. The molecule has 4 aromatic rings. The molecular weight excluding hydrogens is 463 g/mol. The standard InChI is InChI=1S/C23H24F3N7O2/c1-12-18(23(3,4)34)13(2)33(30-12)17-10-16(27-11-28-17)29-21-20(35-22(25)26)19(32(5)31-21)14-6-8-15(24)9-7-14/h6-11,22,34H,1-5H3,(H,27,28,29,31). The summed E-state index contributed by atoms with van der Waals surface area (Å²) < 4.78 is 47.6. The Morgan fingerprint density at radius 3 is 2.37 bits per heavy atom. The Morgan fingerprint density at radius 2 is 1.77 bits per heavy atom. The van der Waals surface area contributed by atoms with Gasteiger partial charge in [0, 0.05) is 29.9 Å². The molecule has 0 saturated heterocycles. The molecule has 9 nitrogen and oxygen atoms in total. The van der Waals surface area contributed by atoms with Crippen molar-refractivity contribution in [3.05, 3.63) is 59.4 Å². The van der Waals surface area contributed by atoms with Crippen LogP contribution in [-0.2, 0) is 12.6 Å². The summed E-state index contributed by atoms with van der Waals surface area (Å²) in [7, 11) is 1.56. The second-order valence-corrected chi connectivity index (χ2v) is 8.44. The minimum absolute atomic E-state index is 0.0117. The average Bonchev–Trinajstić information content (AvgIpc) is 3.23. The van der Waals surface area contributed by atoms with Crippen LogP contribution >= 0.6 is 0 Å². The van der Waals surface area contributed by atoms with Crippen molar-refractivity contribution in [3.63, 3.8) is 0 Å². The minimum Gasteiger partial charge on any atom is -0.428 e. The van der Waals surface area contributed by atoms with Crippen molar-refractivity contribution in [1.82, 2.24) is 29.5 Å². The fraction of sp³-hybridized carbons (Fsp3) is 0.304. The van der Waals surface area contributed by atoms with Crippen LogP contribution in [-0.4, -0.2) is 41.2 Å². The van der Waals surface area contributed by atoms with E-state index in [0.717, 1.165) is 0 Å². The monoisotopic (exact) mass is 487 g/mol. The SMILES string of the molecule is Cc1nn(-c2cc(Nc3nn(C)c(-c4ccc(F)cc4)c3OC(F)F)ncn2)c(C)c1C(C)(C)O. The lowest BCUT2D eigenvalue weighted by molar-refractivity contribution is -0.0490. The van der Waals surface area contributed by atoms with E-state index in [-0.39, 0.29) is 23.1 Å². The Kier molecular flexibility index (Phi) is 6.24. The first-order valence-corrected chi connectivity index (χ1v) is 10.6. The van der Waals surface area contributed by atoms with Crippen molar-refractivity contribution in [3.8, 4) is 22.8 Å². The third kappa shape index (κ3) is 4.83. The van der Waals surface area contributed by atoms with Gasteiger partial charge in [-0.25, -0.2) is 19.0 Å². The molecule has 0 radical (unpaired) electrons. The summed E-state index contributed by atoms with van der Waals surface area (Å²) in [5, 5.41) is 22.1. The number of nitrogens with one attached hydrogen (secondary N) is 1. The largest absolute Gasteiger partial charge is 0.428 e. The maximum Gasteiger partial charge on any atom is 0.387 e. The highest BCUT2D eigenvalue weighted by atomic mass is 19.3. The smallest absolute Gasteiger partial charge is 0.387 e. The number of anilines is 2. The lowest BCUT2D eigenvalue weighted by atomic mass is 9.96. The number of nitrogens with zero attached hydrogens (tertiary/aromatic N) is 6. The first-order valence-electron chi connectivity index (χ1n) is 10.6. The van der Waals surface area contributed by atoms with Gasteiger partial charge in [-0.1, -0.05) is 0 Å². The number of ether oxygens (including phenoxy) is 1. The van der Waals surface area contributed by atoms with Crippen LogP contribution in [0.2, 0.25) is 0 Å². The van der Waals surface area contributed by atoms with Gasteiger partial charge in [-0.05, 0) is 52.0 Å². The molecule has 2 N–H and O–H groups in total. The Labute approximate surface area is 199 Å². The number of aliphatic hydroxyl groups is 1. The van der Waals surface area contributed by atoms with Crippen LogP contribution in [0, 0.1) is 19.7 Å². The van der Waals surface area contributed by atoms with Crippen LogP contribution < -0.4 is 10.1 Å². The first-order chi connectivity index (χ1) is 16.5. The molecule has 0 fully saturated rings. The zero-order valence-corrected chi connectivity index (χ0v) is 19.7. The third-order valence-electron chi connectivity index (χ3n) is 5.35. The number of hydrogen-bond donors (Lipinski definition) is 2. The molecule has 3 heterocycles. The maximum atomic E-state index is 13.4. The fourth-order valence-corrected chi connectivity index (χ4v) is 4.12. The quantitative estimate of drug-likeness (QED) is 0.399. The molecule has 1 aromatic carbocycles. The normalized spacial score (nSPS) is 11.8. The molecule has 0 spiro atoms. The maximum absolute atomic E-state index is 13.4. The highest BCUT2D eigenvalue weighted by Gasteiger charge is 2.27. The molecule has 0 unspecified atom stereocenters. The van der Waals surface area contributed by atoms with Crippen LogP contribution in [0.5, 0.6) is 5.75 Å². The molecule has 0 aliphatic rings. The second-order valence-electron chi connectivity index (χ2n) is 8.44. The molecule has 0 aliphatic heterocycles. The number of aromatic nitrogens is 6. The molecule has 0 aliphatic carbocycles. The van der Waals surface area contributed by atoms with Gasteiger partial charge in [0.05, 0.1) is 11.3 Å². The summed E-state index contributed by atoms with van der Waals surface area (Å²) in [6.45, 7) is 3.83. The summed E-state index contributed by atoms with van der Waals surface area (Å²) in [6.07, 6.45) is 1.29. The van der Waals surface area contributed by atoms with Crippen LogP contribution in [0.4, 0.5) is 24.8 Å². The zero-order chi connectivity index (χ0) is 25.5. The topological polar surface area (TPSA) is 103 Å². The summed E-state index contributed by atoms with van der Waals surface area (Å²) in [5.41, 5.74) is 1.58. The molecule has 35 heavy (non-hydrogen) atoms. The van der Waals surface area contributed by atoms with Gasteiger partial charge >= 0.3 is 6.61 Å². The van der Waals surface area contributed by atoms with Gasteiger partial charge in [0.2, 0.25) is 0 Å². The molecule has 0 bridgehead atoms. The Morgan fingerprint density at radius 1 is 1.09 bits per heavy atom. The lowest BCUT2D eigenvalue weighted by Gasteiger charge is -2.18. The highest BCUT2D eigenvalue weighted by molar-refractivity contribution is 5.76. The zero-order valence-electron chi connectivity index (χ0n) is 19.7. The number of aryl methyl sites for hydroxylation is 2. The third-order valence-corrected chi connectivity index (χ3v) is 5.35. The van der Waals surface area contributed by atoms with Gasteiger partial charge in [-0.15, -0.1) is 0 Å². The van der Waals surface area contributed by atoms with Gasteiger partial charge in [0.25, 0.3) is 0 Å². The molecule has 12 heteroatoms. The van der Waals surface area contributed by atoms with E-state index in [9.17, 15) is 18.3 Å². The molecule has 3 aromatic heterocycles. The van der Waals surface area contributed by atoms with E-state index in [1.807, 2.05) is 6.92 Å². The molecule has 0 saturated carbocycles. The summed E-state index contributed by atoms with van der Waals surface area (Å²) in [4.78, 5) is 8.41. The molecule has 4 rings (SSSR count). The first kappa shape index (κ1) is 24.2. The predicted molar refractivity (Wildman–Crippen MR) is 122 cm³/mol. The van der Waals surface area contributed by atoms with Crippen molar-refractivity contribution in [2.45, 2.75) is 39.9 Å². The highest BCUT2D eigenvalue weighted by Crippen LogP contribution is 2.38. The number of rotatable bonds is 7. The number of benzene rings is 1. The minimum atomic E-state index is -3.12. The van der Waals surface area contributed by atoms with Crippen molar-refractivity contribution < 1.29 is 23.0 Å². The van der Waals surface area contributed by atoms with Gasteiger partial charge in [0.1, 0.15) is 23.7 Å². The number of alkyl halides is 2. The predicted octanol–water partition coefficient (Wildman–Crippen LogP) is 4.39. The summed E-state index contributed by atoms with van der Waals surface area (Å²) in [6, 6.07) is 6.88. The molecular formula is C23H24F3N7O2. The number of hydrogen-bond acceptors (Lipinski definition) is 7. The van der Waals surface area contributed by atoms with E-state index in [4.69, 9.17) is 4.74 Å². The molecule has 0 amide bonds. The van der Waals surface area contributed by atoms with E-state index >= 15 is 0 Å². The van der Waals surface area contributed by atoms with E-state index in [1.165, 1.54) is 35.3 Å². The van der Waals surface area contributed by atoms with Crippen LogP contribution in [0.25, 0.3) is 17.1 Å². The lowest BCUT2D eigenvalue weighted by Crippen LogP contribution is -2.18. The van der Waals surface area contributed by atoms with E-state index in [0.29, 0.717) is 28.3 Å². The van der Waals surface area contributed by atoms with Crippen molar-refractivity contribution in [2.75, 3.05) is 5.32 Å². The Hall–Kier alpha value is -3.93. The summed E-state index contributed by atoms with van der Waals surface area (Å²) >= 11 is 0. The molecule has 0 atom stereocenters. The van der Waals surface area contributed by atoms with Crippen LogP contribution in [0.1, 0.15) is 30.8 Å². The average molecular weight is 487 g/mol. The van der Waals surface area contributed by atoms with Crippen molar-refractivity contribution in [1.29, 1.82) is 0 Å². The van der Waals surface area contributed by atoms with Crippen molar-refractivity contribution in [2.24, 2.45) is 7.05 Å².